The zero-order chi connectivity index (χ0) is 22.5. The molecule has 1 aliphatic carbocycles. The fraction of sp³-hybridized carbons (Fsp3) is 0.269. The summed E-state index contributed by atoms with van der Waals surface area (Å²) in [6.07, 6.45) is 2.40. The van der Waals surface area contributed by atoms with Crippen molar-refractivity contribution in [2.24, 2.45) is 5.73 Å². The van der Waals surface area contributed by atoms with E-state index in [9.17, 15) is 14.9 Å². The molecule has 3 aliphatic rings. The van der Waals surface area contributed by atoms with Gasteiger partial charge in [-0.15, -0.1) is 0 Å². The van der Waals surface area contributed by atoms with Crippen LogP contribution in [0.2, 0.25) is 0 Å². The van der Waals surface area contributed by atoms with Gasteiger partial charge in [0.15, 0.2) is 5.78 Å². The van der Waals surface area contributed by atoms with Crippen LogP contribution in [-0.4, -0.2) is 18.2 Å². The van der Waals surface area contributed by atoms with E-state index in [-0.39, 0.29) is 23.1 Å². The highest BCUT2D eigenvalue weighted by molar-refractivity contribution is 6.20. The van der Waals surface area contributed by atoms with Crippen LogP contribution in [0.1, 0.15) is 38.2 Å². The van der Waals surface area contributed by atoms with Crippen LogP contribution in [0.3, 0.4) is 0 Å². The monoisotopic (exact) mass is 424 g/mol. The fourth-order valence-electron chi connectivity index (χ4n) is 5.45. The lowest BCUT2D eigenvalue weighted by atomic mass is 9.64. The van der Waals surface area contributed by atoms with Gasteiger partial charge < -0.3 is 10.6 Å². The number of fused-ring (bicyclic) bond motifs is 3. The van der Waals surface area contributed by atoms with Crippen molar-refractivity contribution in [1.82, 2.24) is 0 Å². The lowest BCUT2D eigenvalue weighted by Crippen LogP contribution is -2.52. The van der Waals surface area contributed by atoms with Crippen molar-refractivity contribution < 1.29 is 9.59 Å². The Bertz CT molecular complexity index is 1240. The second-order valence-corrected chi connectivity index (χ2v) is 8.37. The van der Waals surface area contributed by atoms with E-state index in [0.717, 1.165) is 23.5 Å². The van der Waals surface area contributed by atoms with Crippen LogP contribution in [0.15, 0.2) is 77.3 Å². The molecule has 0 aromatic heterocycles. The molecule has 0 fully saturated rings. The molecule has 0 radical (unpaired) electrons. The number of rotatable bonds is 3. The summed E-state index contributed by atoms with van der Waals surface area (Å²) in [6, 6.07) is 19.2. The van der Waals surface area contributed by atoms with Gasteiger partial charge in [0, 0.05) is 41.2 Å². The Kier molecular flexibility index (Phi) is 4.63. The molecule has 2 N–H and O–H groups in total. The van der Waals surface area contributed by atoms with E-state index in [0.29, 0.717) is 36.9 Å². The smallest absolute Gasteiger partial charge is 0.247 e. The van der Waals surface area contributed by atoms with E-state index in [1.807, 2.05) is 61.5 Å². The molecule has 32 heavy (non-hydrogen) atoms. The first-order valence-corrected chi connectivity index (χ1v) is 11.0. The Morgan fingerprint density at radius 2 is 1.78 bits per heavy atom. The van der Waals surface area contributed by atoms with Gasteiger partial charge >= 0.3 is 0 Å². The van der Waals surface area contributed by atoms with Gasteiger partial charge in [0.05, 0.1) is 5.57 Å². The van der Waals surface area contributed by atoms with E-state index in [2.05, 4.69) is 6.07 Å². The molecule has 2 heterocycles. The highest BCUT2D eigenvalue weighted by Gasteiger charge is 2.62. The van der Waals surface area contributed by atoms with E-state index in [4.69, 9.17) is 5.73 Å². The Balaban J connectivity index is 1.88. The summed E-state index contributed by atoms with van der Waals surface area (Å²) in [6.45, 7) is 2.51. The molecular formula is C26H24N4O2. The van der Waals surface area contributed by atoms with E-state index in [1.54, 1.807) is 9.80 Å². The number of hydrogen-bond acceptors (Lipinski definition) is 5. The maximum absolute atomic E-state index is 14.2. The highest BCUT2D eigenvalue weighted by atomic mass is 16.2. The fourth-order valence-corrected chi connectivity index (χ4v) is 5.45. The molecule has 160 valence electrons. The van der Waals surface area contributed by atoms with E-state index < -0.39 is 5.41 Å². The van der Waals surface area contributed by atoms with Crippen LogP contribution >= 0.6 is 0 Å². The summed E-state index contributed by atoms with van der Waals surface area (Å²) in [5, 5.41) is 10.4. The molecule has 2 aliphatic heterocycles. The molecule has 0 unspecified atom stereocenters. The summed E-state index contributed by atoms with van der Waals surface area (Å²) in [7, 11) is 0. The number of nitrogens with two attached hydrogens (primary N) is 1. The largest absolute Gasteiger partial charge is 0.384 e. The van der Waals surface area contributed by atoms with Crippen molar-refractivity contribution in [3.8, 4) is 6.07 Å². The molecular weight excluding hydrogens is 400 g/mol. The van der Waals surface area contributed by atoms with Gasteiger partial charge in [-0.25, -0.2) is 0 Å². The summed E-state index contributed by atoms with van der Waals surface area (Å²) >= 11 is 0. The predicted octanol–water partition coefficient (Wildman–Crippen LogP) is 3.90. The van der Waals surface area contributed by atoms with Gasteiger partial charge in [0.2, 0.25) is 5.91 Å². The summed E-state index contributed by atoms with van der Waals surface area (Å²) < 4.78 is 0. The number of ketones is 1. The maximum atomic E-state index is 14.2. The molecule has 6 heteroatoms. The molecule has 0 saturated carbocycles. The van der Waals surface area contributed by atoms with Crippen LogP contribution in [-0.2, 0) is 15.0 Å². The number of nitrogens with zero attached hydrogens (tertiary/aromatic N) is 3. The lowest BCUT2D eigenvalue weighted by Gasteiger charge is -2.43. The predicted molar refractivity (Wildman–Crippen MR) is 122 cm³/mol. The van der Waals surface area contributed by atoms with Crippen LogP contribution in [0, 0.1) is 11.3 Å². The molecule has 1 amide bonds. The van der Waals surface area contributed by atoms with Gasteiger partial charge in [0.1, 0.15) is 17.3 Å². The Hall–Kier alpha value is -3.85. The third-order valence-corrected chi connectivity index (χ3v) is 6.64. The molecule has 1 atom stereocenters. The Morgan fingerprint density at radius 3 is 2.50 bits per heavy atom. The minimum atomic E-state index is -1.48. The number of benzene rings is 2. The first kappa shape index (κ1) is 20.1. The zero-order valence-corrected chi connectivity index (χ0v) is 18.0. The first-order valence-electron chi connectivity index (χ1n) is 11.0. The Labute approximate surface area is 187 Å². The molecule has 6 nitrogen and oxygen atoms in total. The number of hydrogen-bond donors (Lipinski definition) is 1. The zero-order valence-electron chi connectivity index (χ0n) is 18.0. The quantitative estimate of drug-likeness (QED) is 0.807. The molecule has 5 rings (SSSR count). The number of para-hydroxylation sites is 2. The number of carbonyl (C=O) groups is 2. The Morgan fingerprint density at radius 1 is 1.06 bits per heavy atom. The minimum Gasteiger partial charge on any atom is -0.384 e. The maximum Gasteiger partial charge on any atom is 0.247 e. The van der Waals surface area contributed by atoms with E-state index >= 15 is 0 Å². The van der Waals surface area contributed by atoms with Gasteiger partial charge in [-0.1, -0.05) is 43.3 Å². The van der Waals surface area contributed by atoms with E-state index in [1.165, 1.54) is 0 Å². The minimum absolute atomic E-state index is 0.0890. The molecule has 1 spiro atoms. The standard InChI is InChI=1S/C26H24N4O2/c1-2-15-29-20-12-7-6-11-18(20)26(25(29)32)19(16-27)24(28)30(17-9-4-3-5-10-17)21-13-8-14-22(31)23(21)26/h3-7,9-12H,2,8,13-15,28H2,1H3/t26-/m0/s1. The molecule has 2 aromatic carbocycles. The summed E-state index contributed by atoms with van der Waals surface area (Å²) in [4.78, 5) is 31.2. The van der Waals surface area contributed by atoms with Gasteiger partial charge in [0.25, 0.3) is 0 Å². The first-order chi connectivity index (χ1) is 15.6. The van der Waals surface area contributed by atoms with Crippen molar-refractivity contribution in [3.63, 3.8) is 0 Å². The second-order valence-electron chi connectivity index (χ2n) is 8.37. The number of amides is 1. The number of carbonyl (C=O) groups excluding carboxylic acids is 2. The number of allylic oxidation sites excluding steroid dienone is 1. The molecule has 2 aromatic rings. The summed E-state index contributed by atoms with van der Waals surface area (Å²) in [5.41, 5.74) is 8.66. The van der Waals surface area contributed by atoms with Crippen molar-refractivity contribution in [3.05, 3.63) is 82.8 Å². The van der Waals surface area contributed by atoms with Crippen molar-refractivity contribution in [2.45, 2.75) is 38.0 Å². The van der Waals surface area contributed by atoms with Crippen molar-refractivity contribution >= 4 is 23.1 Å². The SMILES string of the molecule is CCCN1C(=O)[C@]2(C(C#N)=C(N)N(c3ccccc3)C3=C2C(=O)CCC3)c2ccccc21. The summed E-state index contributed by atoms with van der Waals surface area (Å²) in [5.74, 6) is -0.127. The normalized spacial score (nSPS) is 22.4. The lowest BCUT2D eigenvalue weighted by molar-refractivity contribution is -0.124. The number of Topliss-reactive ketones (excluding diaryl/α,β-unsaturated/α-hetero) is 1. The van der Waals surface area contributed by atoms with Crippen LogP contribution in [0.4, 0.5) is 11.4 Å². The molecule has 0 bridgehead atoms. The average molecular weight is 425 g/mol. The van der Waals surface area contributed by atoms with Crippen LogP contribution in [0.5, 0.6) is 0 Å². The van der Waals surface area contributed by atoms with Gasteiger partial charge in [-0.3, -0.25) is 14.5 Å². The van der Waals surface area contributed by atoms with Gasteiger partial charge in [-0.2, -0.15) is 5.26 Å². The number of anilines is 2. The van der Waals surface area contributed by atoms with Crippen LogP contribution in [0.25, 0.3) is 0 Å². The topological polar surface area (TPSA) is 90.4 Å². The third-order valence-electron chi connectivity index (χ3n) is 6.64. The van der Waals surface area contributed by atoms with Crippen LogP contribution < -0.4 is 15.5 Å². The third kappa shape index (κ3) is 2.45. The second kappa shape index (κ2) is 7.38. The van der Waals surface area contributed by atoms with Crippen molar-refractivity contribution in [2.75, 3.05) is 16.3 Å². The average Bonchev–Trinajstić information content (AvgIpc) is 3.04. The number of nitriles is 1. The van der Waals surface area contributed by atoms with Crippen molar-refractivity contribution in [1.29, 1.82) is 5.26 Å². The highest BCUT2D eigenvalue weighted by Crippen LogP contribution is 2.56. The van der Waals surface area contributed by atoms with Gasteiger partial charge in [-0.05, 0) is 37.5 Å². The molecule has 0 saturated heterocycles.